The summed E-state index contributed by atoms with van der Waals surface area (Å²) < 4.78 is 5.06. The number of thiocarbonyl (C=S) groups is 1. The Kier molecular flexibility index (Phi) is 6.04. The lowest BCUT2D eigenvalue weighted by Gasteiger charge is -2.52. The van der Waals surface area contributed by atoms with Gasteiger partial charge >= 0.3 is 5.97 Å². The standard InChI is InChI=1S/C24H27N3O3S2/c1-15-20(31)27-21(15)32-23(2,3)24(27,22(29)30-14-16-10-6-4-7-11-16)26-19(28)18(25)17-12-8-5-9-13-17/h4-13,15,18,21H,14,25H2,1-3H3,(H,26,28)/t15-,18?,21-,24+/m1/s1. The van der Waals surface area contributed by atoms with Crippen LogP contribution in [0.4, 0.5) is 0 Å². The van der Waals surface area contributed by atoms with Crippen LogP contribution in [0.3, 0.4) is 0 Å². The van der Waals surface area contributed by atoms with Crippen LogP contribution < -0.4 is 11.1 Å². The molecule has 2 aliphatic heterocycles. The highest BCUT2D eigenvalue weighted by molar-refractivity contribution is 8.02. The maximum atomic E-state index is 13.7. The summed E-state index contributed by atoms with van der Waals surface area (Å²) in [6.45, 7) is 6.01. The molecule has 2 aromatic rings. The first kappa shape index (κ1) is 22.8. The Morgan fingerprint density at radius 3 is 2.38 bits per heavy atom. The van der Waals surface area contributed by atoms with Gasteiger partial charge in [0.25, 0.3) is 0 Å². The third-order valence-electron chi connectivity index (χ3n) is 6.21. The maximum Gasteiger partial charge on any atom is 0.355 e. The minimum atomic E-state index is -1.45. The average Bonchev–Trinajstić information content (AvgIpc) is 3.02. The van der Waals surface area contributed by atoms with Crippen LogP contribution in [-0.2, 0) is 20.9 Å². The fraction of sp³-hybridized carbons (Fsp3) is 0.375. The SMILES string of the molecule is C[C@@H]1C(=S)N2[C@@H]1SC(C)(C)[C@]2(NC(=O)C(N)c1ccccc1)C(=O)OCc1ccccc1. The molecule has 2 aromatic carbocycles. The normalized spacial score (nSPS) is 26.6. The number of hydrogen-bond donors (Lipinski definition) is 2. The molecule has 2 saturated heterocycles. The van der Waals surface area contributed by atoms with E-state index in [0.29, 0.717) is 10.6 Å². The van der Waals surface area contributed by atoms with Gasteiger partial charge in [-0.3, -0.25) is 4.79 Å². The number of benzene rings is 2. The summed E-state index contributed by atoms with van der Waals surface area (Å²) in [6, 6.07) is 17.6. The van der Waals surface area contributed by atoms with Gasteiger partial charge in [-0.15, -0.1) is 11.8 Å². The van der Waals surface area contributed by atoms with Gasteiger partial charge in [-0.25, -0.2) is 4.79 Å². The van der Waals surface area contributed by atoms with Gasteiger partial charge in [0.15, 0.2) is 0 Å². The van der Waals surface area contributed by atoms with Crippen LogP contribution in [0.25, 0.3) is 0 Å². The topological polar surface area (TPSA) is 84.7 Å². The van der Waals surface area contributed by atoms with Crippen molar-refractivity contribution in [2.75, 3.05) is 0 Å². The van der Waals surface area contributed by atoms with Crippen molar-refractivity contribution in [3.63, 3.8) is 0 Å². The van der Waals surface area contributed by atoms with Gasteiger partial charge in [0.2, 0.25) is 11.6 Å². The number of fused-ring (bicyclic) bond motifs is 1. The number of hydrogen-bond acceptors (Lipinski definition) is 6. The number of carbonyl (C=O) groups excluding carboxylic acids is 2. The van der Waals surface area contributed by atoms with E-state index in [4.69, 9.17) is 22.7 Å². The smallest absolute Gasteiger partial charge is 0.355 e. The summed E-state index contributed by atoms with van der Waals surface area (Å²) >= 11 is 7.24. The van der Waals surface area contributed by atoms with Crippen LogP contribution in [0.2, 0.25) is 0 Å². The van der Waals surface area contributed by atoms with Gasteiger partial charge in [0.1, 0.15) is 12.6 Å². The molecule has 1 amide bonds. The van der Waals surface area contributed by atoms with Crippen molar-refractivity contribution in [3.8, 4) is 0 Å². The summed E-state index contributed by atoms with van der Waals surface area (Å²) in [4.78, 5) is 29.5. The van der Waals surface area contributed by atoms with Crippen LogP contribution in [0.5, 0.6) is 0 Å². The molecule has 6 nitrogen and oxygen atoms in total. The molecule has 0 aliphatic carbocycles. The molecular formula is C24H27N3O3S2. The van der Waals surface area contributed by atoms with Gasteiger partial charge in [-0.1, -0.05) is 79.8 Å². The monoisotopic (exact) mass is 469 g/mol. The Hall–Kier alpha value is -2.42. The van der Waals surface area contributed by atoms with E-state index >= 15 is 0 Å². The van der Waals surface area contributed by atoms with Gasteiger partial charge in [-0.05, 0) is 25.0 Å². The van der Waals surface area contributed by atoms with Crippen molar-refractivity contribution in [2.24, 2.45) is 11.7 Å². The zero-order valence-electron chi connectivity index (χ0n) is 18.3. The van der Waals surface area contributed by atoms with E-state index < -0.39 is 28.3 Å². The van der Waals surface area contributed by atoms with Crippen molar-refractivity contribution in [3.05, 3.63) is 71.8 Å². The van der Waals surface area contributed by atoms with Crippen LogP contribution in [0.15, 0.2) is 60.7 Å². The third-order valence-corrected chi connectivity index (χ3v) is 8.52. The molecule has 0 bridgehead atoms. The summed E-state index contributed by atoms with van der Waals surface area (Å²) in [7, 11) is 0. The number of amides is 1. The molecule has 2 heterocycles. The average molecular weight is 470 g/mol. The van der Waals surface area contributed by atoms with Crippen molar-refractivity contribution in [1.82, 2.24) is 10.2 Å². The van der Waals surface area contributed by atoms with Crippen LogP contribution in [-0.4, -0.2) is 37.5 Å². The van der Waals surface area contributed by atoms with Crippen molar-refractivity contribution in [2.45, 2.75) is 49.2 Å². The van der Waals surface area contributed by atoms with E-state index in [1.165, 1.54) is 0 Å². The first-order valence-electron chi connectivity index (χ1n) is 10.5. The fourth-order valence-electron chi connectivity index (χ4n) is 4.30. The van der Waals surface area contributed by atoms with Crippen LogP contribution in [0, 0.1) is 5.92 Å². The minimum Gasteiger partial charge on any atom is -0.458 e. The van der Waals surface area contributed by atoms with Crippen molar-refractivity contribution >= 4 is 40.8 Å². The van der Waals surface area contributed by atoms with Crippen molar-refractivity contribution < 1.29 is 14.3 Å². The second-order valence-electron chi connectivity index (χ2n) is 8.67. The second-order valence-corrected chi connectivity index (χ2v) is 10.8. The molecule has 2 fully saturated rings. The molecule has 1 unspecified atom stereocenters. The number of nitrogens with zero attached hydrogens (tertiary/aromatic N) is 1. The quantitative estimate of drug-likeness (QED) is 0.496. The zero-order valence-corrected chi connectivity index (χ0v) is 19.9. The molecule has 32 heavy (non-hydrogen) atoms. The van der Waals surface area contributed by atoms with E-state index in [9.17, 15) is 9.59 Å². The van der Waals surface area contributed by atoms with Crippen LogP contribution in [0.1, 0.15) is 37.9 Å². The van der Waals surface area contributed by atoms with Crippen LogP contribution >= 0.6 is 24.0 Å². The van der Waals surface area contributed by atoms with Gasteiger partial charge in [0.05, 0.1) is 15.1 Å². The molecule has 2 aliphatic rings. The Morgan fingerprint density at radius 1 is 1.16 bits per heavy atom. The number of rotatable bonds is 6. The van der Waals surface area contributed by atoms with E-state index in [-0.39, 0.29) is 17.9 Å². The van der Waals surface area contributed by atoms with E-state index in [1.807, 2.05) is 74.2 Å². The lowest BCUT2D eigenvalue weighted by molar-refractivity contribution is -0.165. The molecule has 0 saturated carbocycles. The predicted octanol–water partition coefficient (Wildman–Crippen LogP) is 3.37. The van der Waals surface area contributed by atoms with Crippen molar-refractivity contribution in [1.29, 1.82) is 0 Å². The van der Waals surface area contributed by atoms with Gasteiger partial charge < -0.3 is 20.7 Å². The molecule has 0 radical (unpaired) electrons. The molecule has 4 rings (SSSR count). The third kappa shape index (κ3) is 3.60. The second kappa shape index (κ2) is 8.50. The highest BCUT2D eigenvalue weighted by atomic mass is 32.2. The Balaban J connectivity index is 1.66. The maximum absolute atomic E-state index is 13.7. The highest BCUT2D eigenvalue weighted by Crippen LogP contribution is 2.58. The van der Waals surface area contributed by atoms with Gasteiger partial charge in [-0.2, -0.15) is 0 Å². The first-order valence-corrected chi connectivity index (χ1v) is 11.8. The highest BCUT2D eigenvalue weighted by Gasteiger charge is 2.71. The molecular weight excluding hydrogens is 442 g/mol. The number of esters is 1. The fourth-order valence-corrected chi connectivity index (χ4v) is 6.55. The van der Waals surface area contributed by atoms with E-state index in [1.54, 1.807) is 23.9 Å². The largest absolute Gasteiger partial charge is 0.458 e. The van der Waals surface area contributed by atoms with Gasteiger partial charge in [0, 0.05) is 5.92 Å². The molecule has 168 valence electrons. The number of nitrogens with one attached hydrogen (secondary N) is 1. The minimum absolute atomic E-state index is 0.0185. The summed E-state index contributed by atoms with van der Waals surface area (Å²) in [5, 5.41) is 2.96. The molecule has 8 heteroatoms. The Morgan fingerprint density at radius 2 is 1.75 bits per heavy atom. The molecule has 0 aromatic heterocycles. The Bertz CT molecular complexity index is 1030. The zero-order chi connectivity index (χ0) is 23.1. The molecule has 4 atom stereocenters. The predicted molar refractivity (Wildman–Crippen MR) is 130 cm³/mol. The lowest BCUT2D eigenvalue weighted by atomic mass is 9.86. The number of nitrogens with two attached hydrogens (primary N) is 1. The lowest BCUT2D eigenvalue weighted by Crippen LogP contribution is -2.77. The Labute approximate surface area is 197 Å². The number of carbonyl (C=O) groups is 2. The van der Waals surface area contributed by atoms with E-state index in [0.717, 1.165) is 5.56 Å². The first-order chi connectivity index (χ1) is 15.2. The molecule has 3 N–H and O–H groups in total. The molecule has 0 spiro atoms. The summed E-state index contributed by atoms with van der Waals surface area (Å²) in [5.41, 5.74) is 6.34. The number of ether oxygens (including phenoxy) is 1. The number of thioether (sulfide) groups is 1. The summed E-state index contributed by atoms with van der Waals surface area (Å²) in [6.07, 6.45) is 0. The van der Waals surface area contributed by atoms with E-state index in [2.05, 4.69) is 5.32 Å². The summed E-state index contributed by atoms with van der Waals surface area (Å²) in [5.74, 6) is -0.869.